The average Bonchev–Trinajstić information content (AvgIpc) is 3.15. The lowest BCUT2D eigenvalue weighted by Gasteiger charge is -2.26. The van der Waals surface area contributed by atoms with Crippen LogP contribution in [0.1, 0.15) is 56.6 Å². The molecule has 2 N–H and O–H groups in total. The van der Waals surface area contributed by atoms with Crippen LogP contribution in [0, 0.1) is 6.92 Å². The third kappa shape index (κ3) is 3.66. The van der Waals surface area contributed by atoms with Gasteiger partial charge in [0.2, 0.25) is 0 Å². The van der Waals surface area contributed by atoms with Gasteiger partial charge in [-0.05, 0) is 55.0 Å². The number of H-pyrrole nitrogens is 1. The van der Waals surface area contributed by atoms with E-state index in [9.17, 15) is 9.59 Å². The Balaban J connectivity index is 1.61. The Bertz CT molecular complexity index is 1070. The van der Waals surface area contributed by atoms with Crippen LogP contribution >= 0.6 is 0 Å². The van der Waals surface area contributed by atoms with Crippen LogP contribution in [0.2, 0.25) is 0 Å². The molecule has 1 unspecified atom stereocenters. The van der Waals surface area contributed by atoms with Gasteiger partial charge in [0.1, 0.15) is 0 Å². The molecule has 6 nitrogen and oxygen atoms in total. The predicted octanol–water partition coefficient (Wildman–Crippen LogP) is 3.98. The molecule has 0 aliphatic heterocycles. The first-order valence-corrected chi connectivity index (χ1v) is 9.71. The van der Waals surface area contributed by atoms with Crippen LogP contribution in [0.4, 0.5) is 0 Å². The number of nitrogens with one attached hydrogen (secondary N) is 2. The van der Waals surface area contributed by atoms with Gasteiger partial charge >= 0.3 is 5.97 Å². The molecule has 4 rings (SSSR count). The maximum Gasteiger partial charge on any atom is 0.359 e. The van der Waals surface area contributed by atoms with Crippen molar-refractivity contribution in [3.8, 4) is 11.1 Å². The Morgan fingerprint density at radius 3 is 2.83 bits per heavy atom. The summed E-state index contributed by atoms with van der Waals surface area (Å²) in [6.07, 6.45) is 3.03. The number of esters is 1. The standard InChI is InChI=1S/C23H23N3O3/c1-14-20(21(26-25-14)23(28)29-2)16-9-5-10-17(13-16)22(27)24-19-12-6-8-15-7-3-4-11-18(15)19/h3-5,7,9-11,13,19H,6,8,12H2,1-2H3,(H,24,27)(H,25,26). The molecule has 6 heteroatoms. The van der Waals surface area contributed by atoms with Crippen LogP contribution in [0.5, 0.6) is 0 Å². The molecule has 3 aromatic rings. The van der Waals surface area contributed by atoms with Gasteiger partial charge in [-0.2, -0.15) is 5.10 Å². The van der Waals surface area contributed by atoms with Gasteiger partial charge in [0.05, 0.1) is 13.2 Å². The molecule has 0 saturated heterocycles. The molecule has 1 aliphatic carbocycles. The highest BCUT2D eigenvalue weighted by molar-refractivity contribution is 5.99. The van der Waals surface area contributed by atoms with Gasteiger partial charge in [0, 0.05) is 16.8 Å². The lowest BCUT2D eigenvalue weighted by Crippen LogP contribution is -2.30. The zero-order chi connectivity index (χ0) is 20.4. The molecule has 2 aromatic carbocycles. The fourth-order valence-electron chi connectivity index (χ4n) is 3.99. The molecule has 0 spiro atoms. The first kappa shape index (κ1) is 18.9. The van der Waals surface area contributed by atoms with Gasteiger partial charge in [0.15, 0.2) is 5.69 Å². The number of carbonyl (C=O) groups is 2. The molecule has 0 saturated carbocycles. The molecule has 148 valence electrons. The zero-order valence-electron chi connectivity index (χ0n) is 16.5. The van der Waals surface area contributed by atoms with Crippen LogP contribution in [0.15, 0.2) is 48.5 Å². The van der Waals surface area contributed by atoms with Crippen LogP contribution in [-0.2, 0) is 11.2 Å². The largest absolute Gasteiger partial charge is 0.464 e. The monoisotopic (exact) mass is 389 g/mol. The minimum Gasteiger partial charge on any atom is -0.464 e. The van der Waals surface area contributed by atoms with Crippen molar-refractivity contribution in [1.82, 2.24) is 15.5 Å². The van der Waals surface area contributed by atoms with Gasteiger partial charge in [-0.25, -0.2) is 4.79 Å². The molecule has 0 bridgehead atoms. The van der Waals surface area contributed by atoms with Crippen LogP contribution < -0.4 is 5.32 Å². The number of aromatic amines is 1. The van der Waals surface area contributed by atoms with Crippen molar-refractivity contribution in [3.63, 3.8) is 0 Å². The Hall–Kier alpha value is -3.41. The molecule has 1 amide bonds. The van der Waals surface area contributed by atoms with Gasteiger partial charge < -0.3 is 10.1 Å². The van der Waals surface area contributed by atoms with Crippen molar-refractivity contribution in [3.05, 3.63) is 76.6 Å². The van der Waals surface area contributed by atoms with Crippen LogP contribution in [-0.4, -0.2) is 29.2 Å². The number of hydrogen-bond donors (Lipinski definition) is 2. The summed E-state index contributed by atoms with van der Waals surface area (Å²) in [4.78, 5) is 25.0. The number of methoxy groups -OCH3 is 1. The normalized spacial score (nSPS) is 15.4. The van der Waals surface area contributed by atoms with Crippen molar-refractivity contribution < 1.29 is 14.3 Å². The SMILES string of the molecule is COC(=O)c1n[nH]c(C)c1-c1cccc(C(=O)NC2CCCc3ccccc32)c1. The summed E-state index contributed by atoms with van der Waals surface area (Å²) >= 11 is 0. The third-order valence-electron chi connectivity index (χ3n) is 5.41. The number of rotatable bonds is 4. The number of carbonyl (C=O) groups excluding carboxylic acids is 2. The number of fused-ring (bicyclic) bond motifs is 1. The van der Waals surface area contributed by atoms with Crippen molar-refractivity contribution in [2.75, 3.05) is 7.11 Å². The molecule has 1 aromatic heterocycles. The maximum absolute atomic E-state index is 13.0. The molecular formula is C23H23N3O3. The van der Waals surface area contributed by atoms with Gasteiger partial charge in [-0.1, -0.05) is 36.4 Å². The Morgan fingerprint density at radius 2 is 2.00 bits per heavy atom. The highest BCUT2D eigenvalue weighted by atomic mass is 16.5. The van der Waals surface area contributed by atoms with E-state index in [1.807, 2.05) is 31.2 Å². The number of hydrogen-bond acceptors (Lipinski definition) is 4. The van der Waals surface area contributed by atoms with E-state index >= 15 is 0 Å². The summed E-state index contributed by atoms with van der Waals surface area (Å²) in [6, 6.07) is 15.5. The second-order valence-corrected chi connectivity index (χ2v) is 7.26. The summed E-state index contributed by atoms with van der Waals surface area (Å²) in [7, 11) is 1.32. The topological polar surface area (TPSA) is 84.1 Å². The van der Waals surface area contributed by atoms with E-state index in [0.717, 1.165) is 30.5 Å². The van der Waals surface area contributed by atoms with E-state index < -0.39 is 5.97 Å². The quantitative estimate of drug-likeness (QED) is 0.661. The third-order valence-corrected chi connectivity index (χ3v) is 5.41. The number of benzene rings is 2. The van der Waals surface area contributed by atoms with E-state index in [1.54, 1.807) is 12.1 Å². The maximum atomic E-state index is 13.0. The summed E-state index contributed by atoms with van der Waals surface area (Å²) in [5.41, 5.74) is 5.38. The van der Waals surface area contributed by atoms with Crippen LogP contribution in [0.25, 0.3) is 11.1 Å². The Morgan fingerprint density at radius 1 is 1.17 bits per heavy atom. The minimum atomic E-state index is -0.516. The molecule has 29 heavy (non-hydrogen) atoms. The number of ether oxygens (including phenoxy) is 1. The molecule has 1 aliphatic rings. The zero-order valence-corrected chi connectivity index (χ0v) is 16.5. The lowest BCUT2D eigenvalue weighted by atomic mass is 9.87. The second-order valence-electron chi connectivity index (χ2n) is 7.26. The number of aryl methyl sites for hydroxylation is 2. The van der Waals surface area contributed by atoms with Crippen LogP contribution in [0.3, 0.4) is 0 Å². The Labute approximate surface area is 169 Å². The van der Waals surface area contributed by atoms with E-state index in [0.29, 0.717) is 11.1 Å². The molecule has 0 radical (unpaired) electrons. The fraction of sp³-hybridized carbons (Fsp3) is 0.261. The van der Waals surface area contributed by atoms with Crippen molar-refractivity contribution in [2.45, 2.75) is 32.2 Å². The summed E-state index contributed by atoms with van der Waals surface area (Å²) < 4.78 is 4.82. The lowest BCUT2D eigenvalue weighted by molar-refractivity contribution is 0.0594. The summed E-state index contributed by atoms with van der Waals surface area (Å²) in [5, 5.41) is 10.1. The molecular weight excluding hydrogens is 366 g/mol. The van der Waals surface area contributed by atoms with Crippen molar-refractivity contribution in [1.29, 1.82) is 0 Å². The highest BCUT2D eigenvalue weighted by Crippen LogP contribution is 2.30. The number of nitrogens with zero attached hydrogens (tertiary/aromatic N) is 1. The number of aromatic nitrogens is 2. The van der Waals surface area contributed by atoms with E-state index in [2.05, 4.69) is 27.6 Å². The second kappa shape index (κ2) is 7.91. The smallest absolute Gasteiger partial charge is 0.359 e. The molecule has 1 heterocycles. The summed E-state index contributed by atoms with van der Waals surface area (Å²) in [5.74, 6) is -0.646. The number of amides is 1. The van der Waals surface area contributed by atoms with Gasteiger partial charge in [0.25, 0.3) is 5.91 Å². The van der Waals surface area contributed by atoms with Crippen molar-refractivity contribution in [2.24, 2.45) is 0 Å². The predicted molar refractivity (Wildman–Crippen MR) is 110 cm³/mol. The average molecular weight is 389 g/mol. The minimum absolute atomic E-state index is 0.0115. The summed E-state index contributed by atoms with van der Waals surface area (Å²) in [6.45, 7) is 1.83. The first-order chi connectivity index (χ1) is 14.1. The van der Waals surface area contributed by atoms with E-state index in [4.69, 9.17) is 4.74 Å². The fourth-order valence-corrected chi connectivity index (χ4v) is 3.99. The Kier molecular flexibility index (Phi) is 5.16. The molecule has 1 atom stereocenters. The van der Waals surface area contributed by atoms with Gasteiger partial charge in [-0.3, -0.25) is 9.89 Å². The van der Waals surface area contributed by atoms with E-state index in [-0.39, 0.29) is 17.6 Å². The molecule has 0 fully saturated rings. The van der Waals surface area contributed by atoms with Crippen molar-refractivity contribution >= 4 is 11.9 Å². The highest BCUT2D eigenvalue weighted by Gasteiger charge is 2.23. The van der Waals surface area contributed by atoms with Gasteiger partial charge in [-0.15, -0.1) is 0 Å². The van der Waals surface area contributed by atoms with E-state index in [1.165, 1.54) is 18.2 Å². The first-order valence-electron chi connectivity index (χ1n) is 9.71.